The highest BCUT2D eigenvalue weighted by Crippen LogP contribution is 2.17. The highest BCUT2D eigenvalue weighted by atomic mass is 32.2. The van der Waals surface area contributed by atoms with Gasteiger partial charge < -0.3 is 10.6 Å². The molecule has 0 spiro atoms. The van der Waals surface area contributed by atoms with Crippen LogP contribution in [0.25, 0.3) is 0 Å². The van der Waals surface area contributed by atoms with Crippen molar-refractivity contribution in [2.45, 2.75) is 44.8 Å². The first-order valence-corrected chi connectivity index (χ1v) is 11.3. The predicted molar refractivity (Wildman–Crippen MR) is 113 cm³/mol. The molecule has 1 aromatic carbocycles. The van der Waals surface area contributed by atoms with Crippen LogP contribution in [-0.4, -0.2) is 38.3 Å². The van der Waals surface area contributed by atoms with Crippen LogP contribution in [0.3, 0.4) is 0 Å². The van der Waals surface area contributed by atoms with Crippen LogP contribution in [0.15, 0.2) is 51.7 Å². The van der Waals surface area contributed by atoms with E-state index in [0.717, 1.165) is 24.6 Å². The molecule has 0 radical (unpaired) electrons. The zero-order valence-electron chi connectivity index (χ0n) is 16.3. The van der Waals surface area contributed by atoms with Crippen molar-refractivity contribution in [2.24, 2.45) is 4.99 Å². The molecule has 8 heteroatoms. The van der Waals surface area contributed by atoms with Gasteiger partial charge >= 0.3 is 0 Å². The largest absolute Gasteiger partial charge is 0.357 e. The van der Waals surface area contributed by atoms with E-state index >= 15 is 0 Å². The average molecular weight is 409 g/mol. The van der Waals surface area contributed by atoms with Gasteiger partial charge in [-0.2, -0.15) is 4.31 Å². The summed E-state index contributed by atoms with van der Waals surface area (Å²) in [6.45, 7) is 7.70. The van der Waals surface area contributed by atoms with E-state index < -0.39 is 10.0 Å². The Morgan fingerprint density at radius 2 is 1.89 bits per heavy atom. The number of guanidine groups is 1. The standard InChI is InChI=1S/C19H28N4O2S2/c1-5-20-19(22-14-17-7-6-12-26-17)21-13-16-8-10-18(11-9-16)27(24,25)23(4)15(2)3/h6-12,15H,5,13-14H2,1-4H3,(H2,20,21,22). The van der Waals surface area contributed by atoms with Gasteiger partial charge in [-0.05, 0) is 49.9 Å². The number of nitrogens with one attached hydrogen (secondary N) is 2. The summed E-state index contributed by atoms with van der Waals surface area (Å²) >= 11 is 1.70. The van der Waals surface area contributed by atoms with Gasteiger partial charge in [0.05, 0.1) is 18.0 Å². The van der Waals surface area contributed by atoms with Crippen LogP contribution in [0, 0.1) is 0 Å². The van der Waals surface area contributed by atoms with Gasteiger partial charge in [-0.1, -0.05) is 18.2 Å². The average Bonchev–Trinajstić information content (AvgIpc) is 3.17. The molecule has 1 aromatic heterocycles. The number of aliphatic imine (C=N–C) groups is 1. The molecule has 0 fully saturated rings. The quantitative estimate of drug-likeness (QED) is 0.520. The summed E-state index contributed by atoms with van der Waals surface area (Å²) in [5.41, 5.74) is 0.953. The topological polar surface area (TPSA) is 73.8 Å². The molecule has 0 amide bonds. The second kappa shape index (κ2) is 9.87. The molecule has 0 saturated heterocycles. The molecule has 0 aliphatic carbocycles. The molecule has 0 saturated carbocycles. The zero-order chi connectivity index (χ0) is 19.9. The predicted octanol–water partition coefficient (Wildman–Crippen LogP) is 3.03. The normalized spacial score (nSPS) is 12.6. The van der Waals surface area contributed by atoms with Crippen LogP contribution < -0.4 is 10.6 Å². The van der Waals surface area contributed by atoms with Gasteiger partial charge in [-0.25, -0.2) is 13.4 Å². The molecule has 0 aliphatic rings. The first kappa shape index (κ1) is 21.4. The Bertz CT molecular complexity index is 829. The number of thiophene rings is 1. The van der Waals surface area contributed by atoms with Gasteiger partial charge in [-0.15, -0.1) is 11.3 Å². The van der Waals surface area contributed by atoms with Crippen molar-refractivity contribution < 1.29 is 8.42 Å². The number of hydrogen-bond donors (Lipinski definition) is 2. The third-order valence-corrected chi connectivity index (χ3v) is 7.03. The van der Waals surface area contributed by atoms with E-state index in [1.807, 2.05) is 44.4 Å². The third-order valence-electron chi connectivity index (χ3n) is 4.10. The molecule has 148 valence electrons. The molecule has 2 aromatic rings. The van der Waals surface area contributed by atoms with Crippen molar-refractivity contribution in [1.82, 2.24) is 14.9 Å². The minimum absolute atomic E-state index is 0.0867. The molecule has 2 rings (SSSR count). The second-order valence-corrected chi connectivity index (χ2v) is 9.42. The van der Waals surface area contributed by atoms with Crippen molar-refractivity contribution in [2.75, 3.05) is 13.6 Å². The third kappa shape index (κ3) is 6.05. The Kier molecular flexibility index (Phi) is 7.82. The maximum Gasteiger partial charge on any atom is 0.243 e. The Morgan fingerprint density at radius 3 is 2.44 bits per heavy atom. The molecular weight excluding hydrogens is 380 g/mol. The van der Waals surface area contributed by atoms with Gasteiger partial charge in [-0.3, -0.25) is 0 Å². The second-order valence-electron chi connectivity index (χ2n) is 6.39. The van der Waals surface area contributed by atoms with E-state index in [-0.39, 0.29) is 6.04 Å². The summed E-state index contributed by atoms with van der Waals surface area (Å²) in [6, 6.07) is 10.9. The van der Waals surface area contributed by atoms with Gasteiger partial charge in [0.15, 0.2) is 5.96 Å². The maximum absolute atomic E-state index is 12.5. The number of benzene rings is 1. The number of hydrogen-bond acceptors (Lipinski definition) is 4. The highest BCUT2D eigenvalue weighted by Gasteiger charge is 2.22. The number of rotatable bonds is 8. The van der Waals surface area contributed by atoms with E-state index in [1.165, 1.54) is 9.18 Å². The maximum atomic E-state index is 12.5. The van der Waals surface area contributed by atoms with E-state index in [0.29, 0.717) is 11.4 Å². The van der Waals surface area contributed by atoms with Crippen LogP contribution in [0.1, 0.15) is 31.2 Å². The molecule has 27 heavy (non-hydrogen) atoms. The van der Waals surface area contributed by atoms with Crippen molar-refractivity contribution in [3.8, 4) is 0 Å². The lowest BCUT2D eigenvalue weighted by atomic mass is 10.2. The fraction of sp³-hybridized carbons (Fsp3) is 0.421. The first-order chi connectivity index (χ1) is 12.8. The lowest BCUT2D eigenvalue weighted by Crippen LogP contribution is -2.36. The molecule has 0 atom stereocenters. The van der Waals surface area contributed by atoms with Crippen molar-refractivity contribution >= 4 is 27.3 Å². The number of nitrogens with zero attached hydrogens (tertiary/aromatic N) is 2. The zero-order valence-corrected chi connectivity index (χ0v) is 17.9. The van der Waals surface area contributed by atoms with Crippen LogP contribution in [-0.2, 0) is 23.1 Å². The Labute approximate surface area is 166 Å². The molecule has 0 aliphatic heterocycles. The highest BCUT2D eigenvalue weighted by molar-refractivity contribution is 7.89. The molecule has 0 unspecified atom stereocenters. The SMILES string of the molecule is CCNC(=NCc1ccc(S(=O)(=O)N(C)C(C)C)cc1)NCc1cccs1. The van der Waals surface area contributed by atoms with Crippen molar-refractivity contribution in [3.63, 3.8) is 0 Å². The van der Waals surface area contributed by atoms with Crippen molar-refractivity contribution in [3.05, 3.63) is 52.2 Å². The monoisotopic (exact) mass is 408 g/mol. The number of sulfonamides is 1. The van der Waals surface area contributed by atoms with Crippen LogP contribution in [0.5, 0.6) is 0 Å². The van der Waals surface area contributed by atoms with Gasteiger partial charge in [0, 0.05) is 24.5 Å². The smallest absolute Gasteiger partial charge is 0.243 e. The fourth-order valence-corrected chi connectivity index (χ4v) is 4.32. The summed E-state index contributed by atoms with van der Waals surface area (Å²) in [5, 5.41) is 8.57. The Morgan fingerprint density at radius 1 is 1.19 bits per heavy atom. The first-order valence-electron chi connectivity index (χ1n) is 8.96. The van der Waals surface area contributed by atoms with E-state index in [1.54, 1.807) is 30.5 Å². The fourth-order valence-electron chi connectivity index (χ4n) is 2.31. The van der Waals surface area contributed by atoms with Crippen LogP contribution in [0.2, 0.25) is 0 Å². The molecule has 6 nitrogen and oxygen atoms in total. The lowest BCUT2D eigenvalue weighted by molar-refractivity contribution is 0.410. The van der Waals surface area contributed by atoms with Crippen LogP contribution in [0.4, 0.5) is 0 Å². The summed E-state index contributed by atoms with van der Waals surface area (Å²) in [6.07, 6.45) is 0. The Balaban J connectivity index is 2.04. The van der Waals surface area contributed by atoms with Crippen molar-refractivity contribution in [1.29, 1.82) is 0 Å². The summed E-state index contributed by atoms with van der Waals surface area (Å²) < 4.78 is 26.4. The van der Waals surface area contributed by atoms with Gasteiger partial charge in [0.1, 0.15) is 0 Å². The summed E-state index contributed by atoms with van der Waals surface area (Å²) in [7, 11) is -1.86. The molecule has 1 heterocycles. The summed E-state index contributed by atoms with van der Waals surface area (Å²) in [4.78, 5) is 6.12. The van der Waals surface area contributed by atoms with Gasteiger partial charge in [0.2, 0.25) is 10.0 Å². The Hall–Kier alpha value is -1.90. The van der Waals surface area contributed by atoms with Crippen LogP contribution >= 0.6 is 11.3 Å². The lowest BCUT2D eigenvalue weighted by Gasteiger charge is -2.21. The minimum atomic E-state index is -3.45. The van der Waals surface area contributed by atoms with E-state index in [9.17, 15) is 8.42 Å². The molecular formula is C19H28N4O2S2. The van der Waals surface area contributed by atoms with Gasteiger partial charge in [0.25, 0.3) is 0 Å². The van der Waals surface area contributed by atoms with E-state index in [2.05, 4.69) is 21.7 Å². The van der Waals surface area contributed by atoms with E-state index in [4.69, 9.17) is 0 Å². The minimum Gasteiger partial charge on any atom is -0.357 e. The summed E-state index contributed by atoms with van der Waals surface area (Å²) in [5.74, 6) is 0.738. The molecule has 2 N–H and O–H groups in total. The molecule has 0 bridgehead atoms.